The molecule has 1 N–H and O–H groups in total. The summed E-state index contributed by atoms with van der Waals surface area (Å²) in [6.45, 7) is 0. The number of benzene rings is 2. The summed E-state index contributed by atoms with van der Waals surface area (Å²) in [6.07, 6.45) is -1.53. The molecule has 1 unspecified atom stereocenters. The highest BCUT2D eigenvalue weighted by Gasteiger charge is 2.21. The van der Waals surface area contributed by atoms with Gasteiger partial charge < -0.3 is 14.3 Å². The van der Waals surface area contributed by atoms with Crippen LogP contribution in [-0.2, 0) is 11.2 Å². The van der Waals surface area contributed by atoms with Crippen LogP contribution in [0, 0.1) is 0 Å². The summed E-state index contributed by atoms with van der Waals surface area (Å²) in [6, 6.07) is 19.0. The van der Waals surface area contributed by atoms with Crippen molar-refractivity contribution in [3.05, 3.63) is 72.0 Å². The number of hydrogen-bond acceptors (Lipinski definition) is 3. The Hall–Kier alpha value is -2.75. The Labute approximate surface area is 121 Å². The molecule has 0 aliphatic heterocycles. The van der Waals surface area contributed by atoms with Gasteiger partial charge in [-0.15, -0.1) is 0 Å². The van der Waals surface area contributed by atoms with Gasteiger partial charge in [-0.05, 0) is 17.7 Å². The number of para-hydroxylation sites is 1. The third kappa shape index (κ3) is 3.05. The van der Waals surface area contributed by atoms with E-state index >= 15 is 0 Å². The second-order valence-electron chi connectivity index (χ2n) is 4.75. The summed E-state index contributed by atoms with van der Waals surface area (Å²) < 4.78 is 10.7. The lowest BCUT2D eigenvalue weighted by Gasteiger charge is -2.13. The van der Waals surface area contributed by atoms with Gasteiger partial charge >= 0.3 is 6.16 Å². The van der Waals surface area contributed by atoms with Crippen molar-refractivity contribution in [1.29, 1.82) is 0 Å². The zero-order chi connectivity index (χ0) is 14.7. The summed E-state index contributed by atoms with van der Waals surface area (Å²) in [7, 11) is 0. The van der Waals surface area contributed by atoms with Gasteiger partial charge in [-0.1, -0.05) is 48.5 Å². The smallest absolute Gasteiger partial charge is 0.457 e. The van der Waals surface area contributed by atoms with Crippen molar-refractivity contribution in [2.45, 2.75) is 12.5 Å². The van der Waals surface area contributed by atoms with Gasteiger partial charge in [0.25, 0.3) is 0 Å². The van der Waals surface area contributed by atoms with Crippen LogP contribution in [0.25, 0.3) is 11.0 Å². The van der Waals surface area contributed by atoms with Crippen molar-refractivity contribution >= 4 is 17.1 Å². The van der Waals surface area contributed by atoms with E-state index in [4.69, 9.17) is 14.3 Å². The zero-order valence-electron chi connectivity index (χ0n) is 11.2. The highest BCUT2D eigenvalue weighted by molar-refractivity contribution is 5.77. The van der Waals surface area contributed by atoms with Gasteiger partial charge in [0.15, 0.2) is 6.10 Å². The van der Waals surface area contributed by atoms with Crippen LogP contribution in [0.3, 0.4) is 0 Å². The molecule has 0 aliphatic carbocycles. The molecule has 1 heterocycles. The molecule has 0 spiro atoms. The molecule has 0 aliphatic rings. The molecule has 21 heavy (non-hydrogen) atoms. The summed E-state index contributed by atoms with van der Waals surface area (Å²) >= 11 is 0. The van der Waals surface area contributed by atoms with Gasteiger partial charge in [-0.3, -0.25) is 0 Å². The van der Waals surface area contributed by atoms with Crippen molar-refractivity contribution in [1.82, 2.24) is 0 Å². The molecule has 4 nitrogen and oxygen atoms in total. The van der Waals surface area contributed by atoms with E-state index in [-0.39, 0.29) is 0 Å². The van der Waals surface area contributed by atoms with E-state index in [1.807, 2.05) is 60.7 Å². The average Bonchev–Trinajstić information content (AvgIpc) is 2.91. The molecule has 0 saturated carbocycles. The Kier molecular flexibility index (Phi) is 3.60. The summed E-state index contributed by atoms with van der Waals surface area (Å²) in [4.78, 5) is 10.9. The molecule has 3 rings (SSSR count). The van der Waals surface area contributed by atoms with Gasteiger partial charge in [0.2, 0.25) is 0 Å². The van der Waals surface area contributed by atoms with Crippen LogP contribution in [0.1, 0.15) is 17.4 Å². The lowest BCUT2D eigenvalue weighted by atomic mass is 10.1. The van der Waals surface area contributed by atoms with Gasteiger partial charge in [-0.25, -0.2) is 4.79 Å². The Morgan fingerprint density at radius 2 is 1.81 bits per heavy atom. The number of rotatable bonds is 4. The van der Waals surface area contributed by atoms with Crippen LogP contribution in [0.4, 0.5) is 4.79 Å². The van der Waals surface area contributed by atoms with E-state index in [2.05, 4.69) is 0 Å². The van der Waals surface area contributed by atoms with Crippen molar-refractivity contribution in [3.8, 4) is 0 Å². The minimum atomic E-state index is -1.31. The van der Waals surface area contributed by atoms with Gasteiger partial charge in [0, 0.05) is 11.8 Å². The van der Waals surface area contributed by atoms with Gasteiger partial charge in [0.1, 0.15) is 11.3 Å². The maximum atomic E-state index is 10.9. The quantitative estimate of drug-likeness (QED) is 0.720. The lowest BCUT2D eigenvalue weighted by Crippen LogP contribution is -2.11. The Bertz CT molecular complexity index is 713. The Morgan fingerprint density at radius 1 is 1.10 bits per heavy atom. The molecule has 1 atom stereocenters. The number of furan rings is 1. The summed E-state index contributed by atoms with van der Waals surface area (Å²) in [5.74, 6) is 0.516. The van der Waals surface area contributed by atoms with E-state index in [0.29, 0.717) is 12.2 Å². The van der Waals surface area contributed by atoms with E-state index in [9.17, 15) is 4.79 Å². The molecule has 0 fully saturated rings. The molecule has 2 aromatic carbocycles. The molecule has 0 saturated heterocycles. The Morgan fingerprint density at radius 3 is 2.52 bits per heavy atom. The zero-order valence-corrected chi connectivity index (χ0v) is 11.2. The summed E-state index contributed by atoms with van der Waals surface area (Å²) in [5, 5.41) is 9.86. The van der Waals surface area contributed by atoms with Gasteiger partial charge in [-0.2, -0.15) is 0 Å². The number of ether oxygens (including phenoxy) is 1. The first-order chi connectivity index (χ1) is 10.2. The molecule has 106 valence electrons. The first-order valence-electron chi connectivity index (χ1n) is 6.64. The third-order valence-electron chi connectivity index (χ3n) is 3.27. The highest BCUT2D eigenvalue weighted by Crippen LogP contribution is 2.28. The van der Waals surface area contributed by atoms with Crippen LogP contribution in [0.15, 0.2) is 65.1 Å². The van der Waals surface area contributed by atoms with Crippen molar-refractivity contribution < 1.29 is 19.1 Å². The number of fused-ring (bicyclic) bond motifs is 1. The molecule has 3 aromatic rings. The second-order valence-corrected chi connectivity index (χ2v) is 4.75. The van der Waals surface area contributed by atoms with Gasteiger partial charge in [0.05, 0.1) is 0 Å². The molecule has 1 aromatic heterocycles. The number of hydrogen-bond donors (Lipinski definition) is 1. The molecule has 0 radical (unpaired) electrons. The normalized spacial score (nSPS) is 12.2. The van der Waals surface area contributed by atoms with E-state index in [0.717, 1.165) is 16.5 Å². The van der Waals surface area contributed by atoms with Crippen LogP contribution in [-0.4, -0.2) is 11.3 Å². The summed E-state index contributed by atoms with van der Waals surface area (Å²) in [5.41, 5.74) is 1.71. The largest absolute Gasteiger partial charge is 0.506 e. The second kappa shape index (κ2) is 5.71. The highest BCUT2D eigenvalue weighted by atomic mass is 16.7. The van der Waals surface area contributed by atoms with Crippen LogP contribution < -0.4 is 0 Å². The third-order valence-corrected chi connectivity index (χ3v) is 3.27. The molecule has 4 heteroatoms. The van der Waals surface area contributed by atoms with Crippen molar-refractivity contribution in [2.75, 3.05) is 0 Å². The van der Waals surface area contributed by atoms with Crippen LogP contribution in [0.5, 0.6) is 0 Å². The first-order valence-corrected chi connectivity index (χ1v) is 6.64. The lowest BCUT2D eigenvalue weighted by molar-refractivity contribution is 0.0427. The fourth-order valence-corrected chi connectivity index (χ4v) is 2.31. The monoisotopic (exact) mass is 282 g/mol. The van der Waals surface area contributed by atoms with Crippen LogP contribution in [0.2, 0.25) is 0 Å². The van der Waals surface area contributed by atoms with E-state index < -0.39 is 12.3 Å². The molecule has 0 bridgehead atoms. The predicted molar refractivity (Wildman–Crippen MR) is 78.2 cm³/mol. The van der Waals surface area contributed by atoms with Crippen molar-refractivity contribution in [2.24, 2.45) is 0 Å². The topological polar surface area (TPSA) is 59.7 Å². The maximum absolute atomic E-state index is 10.9. The standard InChI is InChI=1S/C17H14O4/c18-17(19)21-15(10-12-6-2-1-3-7-12)16-11-13-8-4-5-9-14(13)20-16/h1-9,11,15H,10H2,(H,18,19). The molecular weight excluding hydrogens is 268 g/mol. The maximum Gasteiger partial charge on any atom is 0.506 e. The number of carbonyl (C=O) groups is 1. The SMILES string of the molecule is O=C(O)OC(Cc1ccccc1)c1cc2ccccc2o1. The minimum Gasteiger partial charge on any atom is -0.457 e. The number of carboxylic acid groups (broad SMARTS) is 1. The fourth-order valence-electron chi connectivity index (χ4n) is 2.31. The van der Waals surface area contributed by atoms with Crippen molar-refractivity contribution in [3.63, 3.8) is 0 Å². The minimum absolute atomic E-state index is 0.437. The average molecular weight is 282 g/mol. The van der Waals surface area contributed by atoms with E-state index in [1.165, 1.54) is 0 Å². The predicted octanol–water partition coefficient (Wildman–Crippen LogP) is 4.41. The van der Waals surface area contributed by atoms with Crippen LogP contribution >= 0.6 is 0 Å². The molecule has 0 amide bonds. The Balaban J connectivity index is 1.92. The first kappa shape index (κ1) is 13.2. The van der Waals surface area contributed by atoms with E-state index in [1.54, 1.807) is 0 Å². The molecular formula is C17H14O4. The fraction of sp³-hybridized carbons (Fsp3) is 0.118.